The van der Waals surface area contributed by atoms with Crippen molar-refractivity contribution in [1.29, 1.82) is 0 Å². The molecule has 0 aromatic heterocycles. The van der Waals surface area contributed by atoms with Gasteiger partial charge in [-0.1, -0.05) is 19.1 Å². The van der Waals surface area contributed by atoms with Crippen LogP contribution in [0.2, 0.25) is 0 Å². The molecule has 0 radical (unpaired) electrons. The molecule has 1 aliphatic heterocycles. The van der Waals surface area contributed by atoms with Crippen molar-refractivity contribution in [3.63, 3.8) is 0 Å². The minimum Gasteiger partial charge on any atom is -0.370 e. The van der Waals surface area contributed by atoms with Crippen LogP contribution in [-0.2, 0) is 0 Å². The molecule has 2 rings (SSSR count). The zero-order chi connectivity index (χ0) is 11.2. The zero-order valence-corrected chi connectivity index (χ0v) is 9.74. The Labute approximate surface area is 90.9 Å². The molecule has 0 saturated carbocycles. The first-order valence-electron chi connectivity index (χ1n) is 5.40. The van der Waals surface area contributed by atoms with Crippen molar-refractivity contribution >= 4 is 11.5 Å². The van der Waals surface area contributed by atoms with Crippen LogP contribution in [0, 0.1) is 12.8 Å². The SMILES string of the molecule is Cc1cccc2c1N(C)C(C)C(C)C2=O. The van der Waals surface area contributed by atoms with E-state index in [1.807, 2.05) is 19.1 Å². The fourth-order valence-electron chi connectivity index (χ4n) is 2.33. The van der Waals surface area contributed by atoms with Crippen LogP contribution in [0.5, 0.6) is 0 Å². The molecule has 0 amide bonds. The van der Waals surface area contributed by atoms with Crippen LogP contribution < -0.4 is 4.90 Å². The summed E-state index contributed by atoms with van der Waals surface area (Å²) in [5, 5.41) is 0. The van der Waals surface area contributed by atoms with Crippen molar-refractivity contribution < 1.29 is 4.79 Å². The summed E-state index contributed by atoms with van der Waals surface area (Å²) in [6.07, 6.45) is 0. The van der Waals surface area contributed by atoms with E-state index in [9.17, 15) is 4.79 Å². The molecule has 1 heterocycles. The van der Waals surface area contributed by atoms with Crippen LogP contribution >= 0.6 is 0 Å². The number of ketones is 1. The topological polar surface area (TPSA) is 20.3 Å². The van der Waals surface area contributed by atoms with Crippen molar-refractivity contribution in [2.75, 3.05) is 11.9 Å². The lowest BCUT2D eigenvalue weighted by Crippen LogP contribution is -2.43. The Kier molecular flexibility index (Phi) is 2.29. The lowest BCUT2D eigenvalue weighted by atomic mass is 9.85. The van der Waals surface area contributed by atoms with Gasteiger partial charge in [-0.05, 0) is 25.5 Å². The molecule has 0 aliphatic carbocycles. The van der Waals surface area contributed by atoms with Crippen molar-refractivity contribution in [3.8, 4) is 0 Å². The third-order valence-electron chi connectivity index (χ3n) is 3.60. The van der Waals surface area contributed by atoms with Gasteiger partial charge in [0.05, 0.1) is 5.69 Å². The van der Waals surface area contributed by atoms with E-state index in [1.54, 1.807) is 0 Å². The number of nitrogens with zero attached hydrogens (tertiary/aromatic N) is 1. The summed E-state index contributed by atoms with van der Waals surface area (Å²) < 4.78 is 0. The van der Waals surface area contributed by atoms with Crippen molar-refractivity contribution in [1.82, 2.24) is 0 Å². The number of carbonyl (C=O) groups excluding carboxylic acids is 1. The summed E-state index contributed by atoms with van der Waals surface area (Å²) in [6, 6.07) is 6.24. The van der Waals surface area contributed by atoms with Crippen LogP contribution in [0.15, 0.2) is 18.2 Å². The Balaban J connectivity index is 2.64. The molecule has 0 N–H and O–H groups in total. The maximum absolute atomic E-state index is 12.1. The quantitative estimate of drug-likeness (QED) is 0.646. The molecule has 1 aromatic rings. The van der Waals surface area contributed by atoms with E-state index < -0.39 is 0 Å². The smallest absolute Gasteiger partial charge is 0.169 e. The van der Waals surface area contributed by atoms with Gasteiger partial charge >= 0.3 is 0 Å². The predicted octanol–water partition coefficient (Wildman–Crippen LogP) is 2.65. The van der Waals surface area contributed by atoms with Crippen LogP contribution in [0.25, 0.3) is 0 Å². The fraction of sp³-hybridized carbons (Fsp3) is 0.462. The number of rotatable bonds is 0. The van der Waals surface area contributed by atoms with Gasteiger partial charge in [0.2, 0.25) is 0 Å². The summed E-state index contributed by atoms with van der Waals surface area (Å²) in [7, 11) is 2.07. The van der Waals surface area contributed by atoms with Gasteiger partial charge < -0.3 is 4.90 Å². The maximum atomic E-state index is 12.1. The summed E-state index contributed by atoms with van der Waals surface area (Å²) in [6.45, 7) is 6.18. The number of para-hydroxylation sites is 1. The van der Waals surface area contributed by atoms with Crippen LogP contribution in [0.3, 0.4) is 0 Å². The van der Waals surface area contributed by atoms with Gasteiger partial charge in [-0.25, -0.2) is 0 Å². The first-order valence-corrected chi connectivity index (χ1v) is 5.40. The number of aryl methyl sites for hydroxylation is 1. The molecule has 0 saturated heterocycles. The highest BCUT2D eigenvalue weighted by molar-refractivity contribution is 6.05. The van der Waals surface area contributed by atoms with Gasteiger partial charge in [0.1, 0.15) is 0 Å². The summed E-state index contributed by atoms with van der Waals surface area (Å²) >= 11 is 0. The monoisotopic (exact) mass is 203 g/mol. The standard InChI is InChI=1S/C13H17NO/c1-8-6-5-7-11-12(8)14(4)10(3)9(2)13(11)15/h5-7,9-10H,1-4H3. The Morgan fingerprint density at radius 1 is 1.27 bits per heavy atom. The van der Waals surface area contributed by atoms with Crippen LogP contribution in [-0.4, -0.2) is 18.9 Å². The second-order valence-corrected chi connectivity index (χ2v) is 4.48. The number of fused-ring (bicyclic) bond motifs is 1. The fourth-order valence-corrected chi connectivity index (χ4v) is 2.33. The molecule has 0 spiro atoms. The minimum atomic E-state index is 0.0873. The van der Waals surface area contributed by atoms with E-state index >= 15 is 0 Å². The molecule has 1 aromatic carbocycles. The second-order valence-electron chi connectivity index (χ2n) is 4.48. The number of Topliss-reactive ketones (excluding diaryl/α,β-unsaturated/α-hetero) is 1. The summed E-state index contributed by atoms with van der Waals surface area (Å²) in [4.78, 5) is 14.3. The Morgan fingerprint density at radius 3 is 2.60 bits per heavy atom. The highest BCUT2D eigenvalue weighted by Crippen LogP contribution is 2.34. The van der Waals surface area contributed by atoms with Crippen molar-refractivity contribution in [2.24, 2.45) is 5.92 Å². The molecule has 0 fully saturated rings. The second kappa shape index (κ2) is 3.37. The third kappa shape index (κ3) is 1.36. The Morgan fingerprint density at radius 2 is 1.93 bits per heavy atom. The van der Waals surface area contributed by atoms with E-state index in [2.05, 4.69) is 31.9 Å². The minimum absolute atomic E-state index is 0.0873. The van der Waals surface area contributed by atoms with Gasteiger partial charge in [-0.15, -0.1) is 0 Å². The molecule has 2 heteroatoms. The Hall–Kier alpha value is -1.31. The van der Waals surface area contributed by atoms with E-state index in [0.717, 1.165) is 11.3 Å². The van der Waals surface area contributed by atoms with Crippen LogP contribution in [0.4, 0.5) is 5.69 Å². The van der Waals surface area contributed by atoms with Gasteiger partial charge in [0.25, 0.3) is 0 Å². The van der Waals surface area contributed by atoms with Gasteiger partial charge in [-0.3, -0.25) is 4.79 Å². The van der Waals surface area contributed by atoms with Crippen molar-refractivity contribution in [2.45, 2.75) is 26.8 Å². The lowest BCUT2D eigenvalue weighted by Gasteiger charge is -2.38. The molecule has 2 atom stereocenters. The number of anilines is 1. The lowest BCUT2D eigenvalue weighted by molar-refractivity contribution is 0.0906. The molecule has 0 bridgehead atoms. The number of carbonyl (C=O) groups is 1. The van der Waals surface area contributed by atoms with E-state index in [4.69, 9.17) is 0 Å². The number of benzene rings is 1. The van der Waals surface area contributed by atoms with E-state index in [0.29, 0.717) is 0 Å². The van der Waals surface area contributed by atoms with Gasteiger partial charge in [0, 0.05) is 24.6 Å². The Bertz CT molecular complexity index is 411. The molecule has 80 valence electrons. The molecule has 15 heavy (non-hydrogen) atoms. The average molecular weight is 203 g/mol. The normalized spacial score (nSPS) is 25.3. The largest absolute Gasteiger partial charge is 0.370 e. The van der Waals surface area contributed by atoms with Gasteiger partial charge in [-0.2, -0.15) is 0 Å². The molecular formula is C13H17NO. The van der Waals surface area contributed by atoms with Crippen molar-refractivity contribution in [3.05, 3.63) is 29.3 Å². The van der Waals surface area contributed by atoms with E-state index in [1.165, 1.54) is 5.56 Å². The zero-order valence-electron chi connectivity index (χ0n) is 9.74. The molecule has 2 nitrogen and oxygen atoms in total. The van der Waals surface area contributed by atoms with E-state index in [-0.39, 0.29) is 17.7 Å². The number of hydrogen-bond acceptors (Lipinski definition) is 2. The highest BCUT2D eigenvalue weighted by atomic mass is 16.1. The van der Waals surface area contributed by atoms with Crippen LogP contribution in [0.1, 0.15) is 29.8 Å². The molecule has 2 unspecified atom stereocenters. The first kappa shape index (κ1) is 10.2. The third-order valence-corrected chi connectivity index (χ3v) is 3.60. The number of hydrogen-bond donors (Lipinski definition) is 0. The highest BCUT2D eigenvalue weighted by Gasteiger charge is 2.33. The molecular weight excluding hydrogens is 186 g/mol. The predicted molar refractivity (Wildman–Crippen MR) is 62.5 cm³/mol. The summed E-state index contributed by atoms with van der Waals surface area (Å²) in [5.41, 5.74) is 3.17. The summed E-state index contributed by atoms with van der Waals surface area (Å²) in [5.74, 6) is 0.364. The average Bonchev–Trinajstić information content (AvgIpc) is 2.23. The van der Waals surface area contributed by atoms with Gasteiger partial charge in [0.15, 0.2) is 5.78 Å². The maximum Gasteiger partial charge on any atom is 0.169 e. The first-order chi connectivity index (χ1) is 7.04. The molecule has 1 aliphatic rings.